The SMILES string of the molecule is c1cc(-c2ccc(N(c3cccc4c3oc3ccccc34)c3cccc4sc5ccccc5c34)cc2)cc(-c2cccc(-c3ccc4ccccc4c3)c2)c1. The normalized spacial score (nSPS) is 11.6. The number of hydrogen-bond donors (Lipinski definition) is 0. The summed E-state index contributed by atoms with van der Waals surface area (Å²) in [4.78, 5) is 2.38. The van der Waals surface area contributed by atoms with Gasteiger partial charge in [-0.15, -0.1) is 11.3 Å². The first-order valence-electron chi connectivity index (χ1n) is 18.7. The maximum Gasteiger partial charge on any atom is 0.159 e. The first-order chi connectivity index (χ1) is 27.2. The van der Waals surface area contributed by atoms with Gasteiger partial charge in [0.15, 0.2) is 5.58 Å². The molecule has 0 unspecified atom stereocenters. The van der Waals surface area contributed by atoms with E-state index in [-0.39, 0.29) is 0 Å². The lowest BCUT2D eigenvalue weighted by Gasteiger charge is -2.26. The quantitative estimate of drug-likeness (QED) is 0.170. The van der Waals surface area contributed by atoms with Crippen molar-refractivity contribution in [3.05, 3.63) is 200 Å². The molecule has 0 saturated heterocycles. The Morgan fingerprint density at radius 1 is 0.364 bits per heavy atom. The number of nitrogens with zero attached hydrogens (tertiary/aromatic N) is 1. The molecule has 0 aliphatic rings. The van der Waals surface area contributed by atoms with Crippen molar-refractivity contribution in [3.8, 4) is 33.4 Å². The second-order valence-corrected chi connectivity index (χ2v) is 15.2. The van der Waals surface area contributed by atoms with Crippen LogP contribution in [0.25, 0.3) is 86.3 Å². The molecule has 0 saturated carbocycles. The Morgan fingerprint density at radius 3 is 1.73 bits per heavy atom. The maximum absolute atomic E-state index is 6.65. The predicted molar refractivity (Wildman–Crippen MR) is 235 cm³/mol. The van der Waals surface area contributed by atoms with Crippen LogP contribution < -0.4 is 4.90 Å². The Bertz CT molecular complexity index is 3220. The first kappa shape index (κ1) is 31.6. The van der Waals surface area contributed by atoms with Gasteiger partial charge in [-0.3, -0.25) is 0 Å². The minimum atomic E-state index is 0.878. The number of furan rings is 1. The molecule has 3 heteroatoms. The summed E-state index contributed by atoms with van der Waals surface area (Å²) in [5.41, 5.74) is 12.1. The summed E-state index contributed by atoms with van der Waals surface area (Å²) in [6.45, 7) is 0. The van der Waals surface area contributed by atoms with Crippen molar-refractivity contribution < 1.29 is 4.42 Å². The van der Waals surface area contributed by atoms with Gasteiger partial charge in [-0.1, -0.05) is 140 Å². The average molecular weight is 720 g/mol. The van der Waals surface area contributed by atoms with Crippen molar-refractivity contribution in [1.82, 2.24) is 0 Å². The zero-order chi connectivity index (χ0) is 36.3. The van der Waals surface area contributed by atoms with Gasteiger partial charge in [0, 0.05) is 36.6 Å². The molecule has 0 aliphatic heterocycles. The number of hydrogen-bond acceptors (Lipinski definition) is 3. The summed E-state index contributed by atoms with van der Waals surface area (Å²) in [6, 6.07) is 72.2. The molecule has 0 spiro atoms. The third-order valence-corrected chi connectivity index (χ3v) is 12.0. The lowest BCUT2D eigenvalue weighted by Crippen LogP contribution is -2.10. The Labute approximate surface area is 322 Å². The van der Waals surface area contributed by atoms with E-state index in [1.807, 2.05) is 17.4 Å². The molecule has 0 radical (unpaired) electrons. The second-order valence-electron chi connectivity index (χ2n) is 14.1. The van der Waals surface area contributed by atoms with E-state index in [0.29, 0.717) is 0 Å². The molecule has 2 nitrogen and oxygen atoms in total. The van der Waals surface area contributed by atoms with E-state index in [1.54, 1.807) is 0 Å². The van der Waals surface area contributed by atoms with E-state index in [4.69, 9.17) is 4.42 Å². The summed E-state index contributed by atoms with van der Waals surface area (Å²) in [5, 5.41) is 7.25. The van der Waals surface area contributed by atoms with Crippen molar-refractivity contribution in [2.24, 2.45) is 0 Å². The highest BCUT2D eigenvalue weighted by Gasteiger charge is 2.22. The van der Waals surface area contributed by atoms with E-state index >= 15 is 0 Å². The van der Waals surface area contributed by atoms with Crippen LogP contribution in [0.1, 0.15) is 0 Å². The Morgan fingerprint density at radius 2 is 0.927 bits per heavy atom. The fourth-order valence-corrected chi connectivity index (χ4v) is 9.31. The van der Waals surface area contributed by atoms with Gasteiger partial charge in [-0.2, -0.15) is 0 Å². The van der Waals surface area contributed by atoms with Gasteiger partial charge >= 0.3 is 0 Å². The van der Waals surface area contributed by atoms with Crippen LogP contribution >= 0.6 is 11.3 Å². The highest BCUT2D eigenvalue weighted by atomic mass is 32.1. The van der Waals surface area contributed by atoms with Crippen molar-refractivity contribution >= 4 is 81.3 Å². The number of fused-ring (bicyclic) bond motifs is 7. The average Bonchev–Trinajstić information content (AvgIpc) is 3.84. The van der Waals surface area contributed by atoms with Gasteiger partial charge in [0.25, 0.3) is 0 Å². The maximum atomic E-state index is 6.65. The van der Waals surface area contributed by atoms with Gasteiger partial charge in [0.05, 0.1) is 11.4 Å². The number of rotatable bonds is 6. The molecule has 0 amide bonds. The summed E-state index contributed by atoms with van der Waals surface area (Å²) in [6.07, 6.45) is 0. The zero-order valence-corrected chi connectivity index (χ0v) is 30.6. The lowest BCUT2D eigenvalue weighted by molar-refractivity contribution is 0.669. The molecular weight excluding hydrogens is 687 g/mol. The van der Waals surface area contributed by atoms with Gasteiger partial charge in [0.1, 0.15) is 5.58 Å². The van der Waals surface area contributed by atoms with Crippen molar-refractivity contribution in [2.45, 2.75) is 0 Å². The predicted octanol–water partition coefficient (Wildman–Crippen LogP) is 15.6. The smallest absolute Gasteiger partial charge is 0.159 e. The van der Waals surface area contributed by atoms with E-state index in [1.165, 1.54) is 58.8 Å². The fourth-order valence-electron chi connectivity index (χ4n) is 8.19. The molecule has 0 aliphatic carbocycles. The van der Waals surface area contributed by atoms with Crippen LogP contribution in [0.4, 0.5) is 17.1 Å². The molecule has 0 fully saturated rings. The summed E-state index contributed by atoms with van der Waals surface area (Å²) in [7, 11) is 0. The van der Waals surface area contributed by atoms with Gasteiger partial charge < -0.3 is 9.32 Å². The molecule has 55 heavy (non-hydrogen) atoms. The Hall–Kier alpha value is -6.94. The molecule has 2 heterocycles. The van der Waals surface area contributed by atoms with Crippen molar-refractivity contribution in [3.63, 3.8) is 0 Å². The molecule has 11 aromatic rings. The number of thiophene rings is 1. The van der Waals surface area contributed by atoms with E-state index < -0.39 is 0 Å². The summed E-state index contributed by atoms with van der Waals surface area (Å²) >= 11 is 1.84. The monoisotopic (exact) mass is 719 g/mol. The van der Waals surface area contributed by atoms with Crippen LogP contribution in [0.5, 0.6) is 0 Å². The lowest BCUT2D eigenvalue weighted by atomic mass is 9.95. The zero-order valence-electron chi connectivity index (χ0n) is 29.8. The van der Waals surface area contributed by atoms with Gasteiger partial charge in [-0.25, -0.2) is 0 Å². The van der Waals surface area contributed by atoms with Crippen LogP contribution in [0.15, 0.2) is 205 Å². The largest absolute Gasteiger partial charge is 0.454 e. The van der Waals surface area contributed by atoms with Crippen molar-refractivity contribution in [1.29, 1.82) is 0 Å². The third-order valence-electron chi connectivity index (χ3n) is 10.8. The minimum absolute atomic E-state index is 0.878. The minimum Gasteiger partial charge on any atom is -0.454 e. The first-order valence-corrected chi connectivity index (χ1v) is 19.5. The van der Waals surface area contributed by atoms with E-state index in [9.17, 15) is 0 Å². The molecule has 9 aromatic carbocycles. The van der Waals surface area contributed by atoms with Crippen LogP contribution in [-0.2, 0) is 0 Å². The van der Waals surface area contributed by atoms with Gasteiger partial charge in [-0.05, 0) is 105 Å². The molecule has 2 aromatic heterocycles. The topological polar surface area (TPSA) is 16.4 Å². The number of para-hydroxylation sites is 2. The third kappa shape index (κ3) is 5.40. The molecule has 0 atom stereocenters. The molecule has 0 bridgehead atoms. The van der Waals surface area contributed by atoms with Crippen molar-refractivity contribution in [2.75, 3.05) is 4.90 Å². The summed E-state index contributed by atoms with van der Waals surface area (Å²) < 4.78 is 9.20. The molecule has 0 N–H and O–H groups in total. The number of benzene rings is 9. The molecular formula is C52H33NOS. The molecule has 11 rings (SSSR count). The standard InChI is InChI=1S/C52H33NOS/c1-2-12-36-32-41(26-25-34(36)11-1)40-16-8-15-39(33-40)38-14-7-13-37(31-38)35-27-29-42(30-28-35)53(46-20-10-24-50-51(46)45-18-4-6-23-49(45)55-50)47-21-9-19-44-43-17-3-5-22-48(43)54-52(44)47/h1-33H. The Balaban J connectivity index is 1.01. The fraction of sp³-hybridized carbons (Fsp3) is 0. The highest BCUT2D eigenvalue weighted by molar-refractivity contribution is 7.26. The molecule has 258 valence electrons. The van der Waals surface area contributed by atoms with E-state index in [0.717, 1.165) is 44.6 Å². The van der Waals surface area contributed by atoms with Gasteiger partial charge in [0.2, 0.25) is 0 Å². The van der Waals surface area contributed by atoms with Crippen LogP contribution in [-0.4, -0.2) is 0 Å². The summed E-state index contributed by atoms with van der Waals surface area (Å²) in [5.74, 6) is 0. The van der Waals surface area contributed by atoms with Crippen LogP contribution in [0.2, 0.25) is 0 Å². The van der Waals surface area contributed by atoms with Crippen LogP contribution in [0.3, 0.4) is 0 Å². The second kappa shape index (κ2) is 12.9. The van der Waals surface area contributed by atoms with Crippen LogP contribution in [0, 0.1) is 0 Å². The Kier molecular flexibility index (Phi) is 7.39. The highest BCUT2D eigenvalue weighted by Crippen LogP contribution is 2.47. The number of anilines is 3. The van der Waals surface area contributed by atoms with E-state index in [2.05, 4.69) is 199 Å².